The van der Waals surface area contributed by atoms with Crippen molar-refractivity contribution >= 4 is 15.7 Å². The van der Waals surface area contributed by atoms with E-state index in [9.17, 15) is 0 Å². The Morgan fingerprint density at radius 1 is 1.00 bits per heavy atom. The summed E-state index contributed by atoms with van der Waals surface area (Å²) >= 11 is 0. The molecule has 5 nitrogen and oxygen atoms in total. The molecular formula is C6H13N5S. The van der Waals surface area contributed by atoms with Gasteiger partial charge in [0.05, 0.1) is 16.4 Å². The minimum Gasteiger partial charge on any atom is -0.397 e. The molecule has 1 heterocycles. The van der Waals surface area contributed by atoms with E-state index in [4.69, 9.17) is 28.1 Å². The van der Waals surface area contributed by atoms with Gasteiger partial charge in [-0.1, -0.05) is 10.7 Å². The van der Waals surface area contributed by atoms with Crippen LogP contribution < -0.4 is 28.1 Å². The van der Waals surface area contributed by atoms with Crippen molar-refractivity contribution in [3.8, 4) is 0 Å². The first-order valence-electron chi connectivity index (χ1n) is 3.30. The quantitative estimate of drug-likeness (QED) is 0.296. The first kappa shape index (κ1) is 9.11. The summed E-state index contributed by atoms with van der Waals surface area (Å²) in [6, 6.07) is 0. The lowest BCUT2D eigenvalue weighted by atomic mass is 10.2. The fourth-order valence-electron chi connectivity index (χ4n) is 0.869. The number of rotatable bonds is 0. The highest BCUT2D eigenvalue weighted by atomic mass is 32.2. The molecule has 1 atom stereocenters. The third-order valence-electron chi connectivity index (χ3n) is 1.80. The summed E-state index contributed by atoms with van der Waals surface area (Å²) in [5.74, 6) is 0. The normalized spacial score (nSPS) is 25.2. The number of hydrogen-bond donors (Lipinski definition) is 5. The van der Waals surface area contributed by atoms with Gasteiger partial charge < -0.3 is 17.2 Å². The van der Waals surface area contributed by atoms with E-state index in [2.05, 4.69) is 0 Å². The monoisotopic (exact) mass is 187 g/mol. The summed E-state index contributed by atoms with van der Waals surface area (Å²) in [5.41, 5.74) is 24.0. The summed E-state index contributed by atoms with van der Waals surface area (Å²) in [4.78, 5) is 0.513. The van der Waals surface area contributed by atoms with Gasteiger partial charge in [0.25, 0.3) is 0 Å². The first-order valence-corrected chi connectivity index (χ1v) is 4.59. The molecule has 0 aromatic heterocycles. The zero-order valence-electron chi connectivity index (χ0n) is 6.79. The molecule has 0 bridgehead atoms. The van der Waals surface area contributed by atoms with Gasteiger partial charge in [0, 0.05) is 0 Å². The second-order valence-corrected chi connectivity index (χ2v) is 4.07. The van der Waals surface area contributed by atoms with E-state index in [1.165, 1.54) is 0 Å². The fraction of sp³-hybridized carbons (Fsp3) is 0.167. The van der Waals surface area contributed by atoms with Crippen LogP contribution in [0.25, 0.3) is 0 Å². The maximum atomic E-state index is 5.68. The molecule has 1 unspecified atom stereocenters. The molecule has 10 N–H and O–H groups in total. The van der Waals surface area contributed by atoms with Crippen molar-refractivity contribution < 1.29 is 0 Å². The highest BCUT2D eigenvalue weighted by molar-refractivity contribution is 8.17. The summed E-state index contributed by atoms with van der Waals surface area (Å²) < 4.78 is 0. The smallest absolute Gasteiger partial charge is 0.101 e. The molecule has 0 saturated carbocycles. The van der Waals surface area contributed by atoms with Gasteiger partial charge in [-0.05, 0) is 12.5 Å². The van der Waals surface area contributed by atoms with E-state index in [1.54, 1.807) is 6.92 Å². The second kappa shape index (κ2) is 2.81. The molecule has 0 radical (unpaired) electrons. The van der Waals surface area contributed by atoms with Crippen molar-refractivity contribution in [2.24, 2.45) is 28.1 Å². The molecule has 12 heavy (non-hydrogen) atoms. The third-order valence-corrected chi connectivity index (χ3v) is 3.28. The molecule has 68 valence electrons. The second-order valence-electron chi connectivity index (χ2n) is 2.52. The molecule has 0 spiro atoms. The van der Waals surface area contributed by atoms with Crippen molar-refractivity contribution in [1.82, 2.24) is 0 Å². The molecule has 1 rings (SSSR count). The summed E-state index contributed by atoms with van der Waals surface area (Å²) in [6.45, 7) is 1.77. The molecule has 1 aliphatic rings. The van der Waals surface area contributed by atoms with Crippen LogP contribution in [0.15, 0.2) is 22.0 Å². The summed E-state index contributed by atoms with van der Waals surface area (Å²) in [6.07, 6.45) is 0. The predicted octanol–water partition coefficient (Wildman–Crippen LogP) is -1.45. The summed E-state index contributed by atoms with van der Waals surface area (Å²) in [7, 11) is -0.772. The van der Waals surface area contributed by atoms with E-state index >= 15 is 0 Å². The van der Waals surface area contributed by atoms with Crippen LogP contribution in [-0.4, -0.2) is 4.99 Å². The Labute approximate surface area is 73.3 Å². The highest BCUT2D eigenvalue weighted by Crippen LogP contribution is 2.25. The molecule has 0 aromatic rings. The fourth-order valence-corrected chi connectivity index (χ4v) is 1.89. The zero-order chi connectivity index (χ0) is 9.46. The van der Waals surface area contributed by atoms with E-state index in [-0.39, 0.29) is 0 Å². The third kappa shape index (κ3) is 1.09. The van der Waals surface area contributed by atoms with Gasteiger partial charge in [-0.25, -0.2) is 0 Å². The topological polar surface area (TPSA) is 130 Å². The van der Waals surface area contributed by atoms with Gasteiger partial charge in [0.15, 0.2) is 0 Å². The predicted molar refractivity (Wildman–Crippen MR) is 53.3 cm³/mol. The molecule has 0 amide bonds. The van der Waals surface area contributed by atoms with Gasteiger partial charge in [-0.2, -0.15) is 0 Å². The van der Waals surface area contributed by atoms with Crippen LogP contribution in [-0.2, 0) is 0 Å². The lowest BCUT2D eigenvalue weighted by Gasteiger charge is -2.19. The lowest BCUT2D eigenvalue weighted by molar-refractivity contribution is 1.17. The van der Waals surface area contributed by atoms with Crippen molar-refractivity contribution in [3.63, 3.8) is 0 Å². The Hall–Kier alpha value is -0.980. The minimum absolute atomic E-state index is 0.354. The van der Waals surface area contributed by atoms with Crippen LogP contribution in [0.4, 0.5) is 0 Å². The van der Waals surface area contributed by atoms with Gasteiger partial charge in [0.1, 0.15) is 5.03 Å². The van der Waals surface area contributed by atoms with Crippen LogP contribution in [0.1, 0.15) is 6.92 Å². The largest absolute Gasteiger partial charge is 0.397 e. The van der Waals surface area contributed by atoms with E-state index < -0.39 is 10.7 Å². The van der Waals surface area contributed by atoms with Crippen LogP contribution >= 0.6 is 10.7 Å². The van der Waals surface area contributed by atoms with E-state index in [0.717, 1.165) is 5.57 Å². The molecule has 1 aliphatic heterocycles. The average Bonchev–Trinajstić information content (AvgIpc) is 2.08. The molecule has 0 saturated heterocycles. The molecule has 0 aliphatic carbocycles. The van der Waals surface area contributed by atoms with Crippen LogP contribution in [0, 0.1) is 0 Å². The summed E-state index contributed by atoms with van der Waals surface area (Å²) in [5, 5.41) is 6.05. The molecule has 6 heteroatoms. The van der Waals surface area contributed by atoms with E-state index in [0.29, 0.717) is 21.4 Å². The van der Waals surface area contributed by atoms with Crippen LogP contribution in [0.5, 0.6) is 0 Å². The number of nitrogens with two attached hydrogens (primary N) is 5. The maximum Gasteiger partial charge on any atom is 0.101 e. The van der Waals surface area contributed by atoms with Crippen LogP contribution in [0.3, 0.4) is 0 Å². The molecule has 0 fully saturated rings. The Morgan fingerprint density at radius 2 is 1.50 bits per heavy atom. The van der Waals surface area contributed by atoms with Crippen molar-refractivity contribution in [2.45, 2.75) is 6.92 Å². The Bertz CT molecular complexity index is 226. The molecular weight excluding hydrogens is 174 g/mol. The van der Waals surface area contributed by atoms with Crippen LogP contribution in [0.2, 0.25) is 0 Å². The van der Waals surface area contributed by atoms with Gasteiger partial charge >= 0.3 is 0 Å². The van der Waals surface area contributed by atoms with Gasteiger partial charge in [0.2, 0.25) is 0 Å². The van der Waals surface area contributed by atoms with E-state index in [1.807, 2.05) is 0 Å². The Balaban J connectivity index is 3.43. The maximum absolute atomic E-state index is 5.68. The Kier molecular flexibility index (Phi) is 2.14. The zero-order valence-corrected chi connectivity index (χ0v) is 7.61. The lowest BCUT2D eigenvalue weighted by Crippen LogP contribution is -2.30. The first-order chi connectivity index (χ1) is 5.46. The van der Waals surface area contributed by atoms with Crippen molar-refractivity contribution in [1.29, 1.82) is 0 Å². The van der Waals surface area contributed by atoms with Gasteiger partial charge in [-0.15, -0.1) is 0 Å². The Morgan fingerprint density at radius 3 is 2.00 bits per heavy atom. The molecule has 0 aromatic carbocycles. The SMILES string of the molecule is CC1=C(N)C(N)=C(N)S(N)=C1N. The standard InChI is InChI=1S/C6H13N5S/c1-2-3(7)4(8)6(10)12(11)5(2)9/h7-11H2,1H3. The van der Waals surface area contributed by atoms with Crippen molar-refractivity contribution in [2.75, 3.05) is 0 Å². The van der Waals surface area contributed by atoms with Crippen molar-refractivity contribution in [3.05, 3.63) is 22.0 Å². The average molecular weight is 187 g/mol. The minimum atomic E-state index is -0.772. The van der Waals surface area contributed by atoms with Gasteiger partial charge in [-0.3, -0.25) is 10.9 Å². The highest BCUT2D eigenvalue weighted by Gasteiger charge is 2.17. The number of hydrogen-bond acceptors (Lipinski definition) is 5.